The van der Waals surface area contributed by atoms with Gasteiger partial charge in [-0.2, -0.15) is 0 Å². The van der Waals surface area contributed by atoms with Crippen LogP contribution in [0, 0.1) is 5.92 Å². The number of fused-ring (bicyclic) bond motifs is 1. The van der Waals surface area contributed by atoms with E-state index in [1.807, 2.05) is 0 Å². The average Bonchev–Trinajstić information content (AvgIpc) is 3.09. The molecule has 0 amide bonds. The summed E-state index contributed by atoms with van der Waals surface area (Å²) in [5, 5.41) is 0. The van der Waals surface area contributed by atoms with Gasteiger partial charge in [-0.15, -0.1) is 0 Å². The zero-order chi connectivity index (χ0) is 15.1. The lowest BCUT2D eigenvalue weighted by Gasteiger charge is -2.34. The fraction of sp³-hybridized carbons (Fsp3) is 0.474. The maximum Gasteiger partial charge on any atom is 0.122 e. The molecule has 1 aliphatic carbocycles. The van der Waals surface area contributed by atoms with Crippen LogP contribution in [-0.2, 0) is 13.0 Å². The molecule has 2 heterocycles. The molecule has 4 rings (SSSR count). The van der Waals surface area contributed by atoms with E-state index in [9.17, 15) is 0 Å². The summed E-state index contributed by atoms with van der Waals surface area (Å²) in [6.07, 6.45) is 2.36. The summed E-state index contributed by atoms with van der Waals surface area (Å²) in [7, 11) is 0. The van der Waals surface area contributed by atoms with Crippen LogP contribution < -0.4 is 5.73 Å². The number of rotatable bonds is 4. The summed E-state index contributed by atoms with van der Waals surface area (Å²) in [6.45, 7) is 4.91. The van der Waals surface area contributed by atoms with Crippen LogP contribution in [-0.4, -0.2) is 18.0 Å². The molecule has 1 aromatic heterocycles. The first-order chi connectivity index (χ1) is 10.8. The molecular formula is C19H24N2O. The molecule has 116 valence electrons. The Balaban J connectivity index is 1.54. The highest BCUT2D eigenvalue weighted by molar-refractivity contribution is 5.29. The molecule has 3 heteroatoms. The Bertz CT molecular complexity index is 663. The first kappa shape index (κ1) is 14.0. The van der Waals surface area contributed by atoms with Crippen molar-refractivity contribution in [1.29, 1.82) is 0 Å². The maximum atomic E-state index is 6.15. The van der Waals surface area contributed by atoms with Gasteiger partial charge in [-0.05, 0) is 42.0 Å². The van der Waals surface area contributed by atoms with Gasteiger partial charge in [-0.3, -0.25) is 4.90 Å². The second-order valence-corrected chi connectivity index (χ2v) is 6.80. The Morgan fingerprint density at radius 2 is 2.00 bits per heavy atom. The fourth-order valence-electron chi connectivity index (χ4n) is 3.69. The monoisotopic (exact) mass is 296 g/mol. The topological polar surface area (TPSA) is 42.4 Å². The van der Waals surface area contributed by atoms with Crippen molar-refractivity contribution < 1.29 is 4.42 Å². The lowest BCUT2D eigenvalue weighted by atomic mass is 9.98. The van der Waals surface area contributed by atoms with Crippen LogP contribution in [0.3, 0.4) is 0 Å². The Morgan fingerprint density at radius 1 is 1.23 bits per heavy atom. The first-order valence-corrected chi connectivity index (χ1v) is 8.37. The van der Waals surface area contributed by atoms with Crippen molar-refractivity contribution in [3.63, 3.8) is 0 Å². The molecule has 3 unspecified atom stereocenters. The molecule has 2 aromatic rings. The van der Waals surface area contributed by atoms with Crippen LogP contribution in [0.5, 0.6) is 0 Å². The van der Waals surface area contributed by atoms with E-state index in [2.05, 4.69) is 48.2 Å². The van der Waals surface area contributed by atoms with Crippen LogP contribution in [0.4, 0.5) is 0 Å². The third-order valence-corrected chi connectivity index (χ3v) is 5.28. The van der Waals surface area contributed by atoms with Gasteiger partial charge in [0, 0.05) is 25.6 Å². The summed E-state index contributed by atoms with van der Waals surface area (Å²) in [4.78, 5) is 2.46. The van der Waals surface area contributed by atoms with E-state index in [1.165, 1.54) is 17.5 Å². The largest absolute Gasteiger partial charge is 0.464 e. The number of hydrogen-bond donors (Lipinski definition) is 1. The maximum absolute atomic E-state index is 6.15. The predicted octanol–water partition coefficient (Wildman–Crippen LogP) is 3.46. The van der Waals surface area contributed by atoms with E-state index >= 15 is 0 Å². The zero-order valence-corrected chi connectivity index (χ0v) is 13.2. The fourth-order valence-corrected chi connectivity index (χ4v) is 3.69. The summed E-state index contributed by atoms with van der Waals surface area (Å²) >= 11 is 0. The van der Waals surface area contributed by atoms with E-state index in [0.29, 0.717) is 12.5 Å². The number of benzene rings is 1. The Labute approximate surface area is 132 Å². The van der Waals surface area contributed by atoms with Crippen LogP contribution in [0.25, 0.3) is 0 Å². The molecule has 3 nitrogen and oxygen atoms in total. The normalized spacial score (nSPS) is 25.7. The van der Waals surface area contributed by atoms with Crippen molar-refractivity contribution in [3.8, 4) is 0 Å². The van der Waals surface area contributed by atoms with Gasteiger partial charge in [-0.25, -0.2) is 0 Å². The molecule has 0 bridgehead atoms. The van der Waals surface area contributed by atoms with Gasteiger partial charge >= 0.3 is 0 Å². The molecule has 1 saturated carbocycles. The lowest BCUT2D eigenvalue weighted by molar-refractivity contribution is 0.161. The summed E-state index contributed by atoms with van der Waals surface area (Å²) in [5.41, 5.74) is 8.98. The molecule has 1 fully saturated rings. The van der Waals surface area contributed by atoms with Gasteiger partial charge < -0.3 is 10.2 Å². The average molecular weight is 296 g/mol. The van der Waals surface area contributed by atoms with Crippen LogP contribution in [0.1, 0.15) is 48.0 Å². The smallest absolute Gasteiger partial charge is 0.122 e. The highest BCUT2D eigenvalue weighted by Gasteiger charge is 2.37. The molecule has 2 N–H and O–H groups in total. The van der Waals surface area contributed by atoms with Crippen molar-refractivity contribution in [2.24, 2.45) is 11.7 Å². The van der Waals surface area contributed by atoms with Crippen molar-refractivity contribution >= 4 is 0 Å². The van der Waals surface area contributed by atoms with Crippen molar-refractivity contribution in [1.82, 2.24) is 4.90 Å². The van der Waals surface area contributed by atoms with E-state index in [4.69, 9.17) is 10.2 Å². The third-order valence-electron chi connectivity index (χ3n) is 5.28. The molecule has 0 radical (unpaired) electrons. The number of nitrogens with two attached hydrogens (primary N) is 1. The van der Waals surface area contributed by atoms with Crippen molar-refractivity contribution in [2.75, 3.05) is 13.1 Å². The van der Waals surface area contributed by atoms with Gasteiger partial charge in [-0.1, -0.05) is 31.2 Å². The van der Waals surface area contributed by atoms with Crippen LogP contribution in [0.2, 0.25) is 0 Å². The van der Waals surface area contributed by atoms with Crippen LogP contribution in [0.15, 0.2) is 40.8 Å². The van der Waals surface area contributed by atoms with E-state index in [1.54, 1.807) is 0 Å². The molecular weight excluding hydrogens is 272 g/mol. The predicted molar refractivity (Wildman–Crippen MR) is 87.6 cm³/mol. The van der Waals surface area contributed by atoms with Gasteiger partial charge in [0.15, 0.2) is 0 Å². The number of hydrogen-bond acceptors (Lipinski definition) is 3. The van der Waals surface area contributed by atoms with E-state index in [-0.39, 0.29) is 6.04 Å². The lowest BCUT2D eigenvalue weighted by Crippen LogP contribution is -2.37. The third kappa shape index (κ3) is 2.49. The van der Waals surface area contributed by atoms with Crippen molar-refractivity contribution in [2.45, 2.75) is 38.3 Å². The summed E-state index contributed by atoms with van der Waals surface area (Å²) in [5.74, 6) is 3.60. The highest BCUT2D eigenvalue weighted by Crippen LogP contribution is 2.47. The summed E-state index contributed by atoms with van der Waals surface area (Å²) in [6, 6.07) is 13.2. The van der Waals surface area contributed by atoms with Gasteiger partial charge in [0.25, 0.3) is 0 Å². The zero-order valence-electron chi connectivity index (χ0n) is 13.2. The number of nitrogens with zero attached hydrogens (tertiary/aromatic N) is 1. The molecule has 0 spiro atoms. The van der Waals surface area contributed by atoms with E-state index < -0.39 is 0 Å². The van der Waals surface area contributed by atoms with Gasteiger partial charge in [0.2, 0.25) is 0 Å². The molecule has 22 heavy (non-hydrogen) atoms. The SMILES string of the molecule is CC1CC1c1ccc(C(CN)N2CCc3ccccc3C2)o1. The minimum absolute atomic E-state index is 0.191. The minimum Gasteiger partial charge on any atom is -0.464 e. The molecule has 0 saturated heterocycles. The molecule has 1 aromatic carbocycles. The Morgan fingerprint density at radius 3 is 2.73 bits per heavy atom. The van der Waals surface area contributed by atoms with Gasteiger partial charge in [0.05, 0.1) is 6.04 Å². The first-order valence-electron chi connectivity index (χ1n) is 8.37. The Hall–Kier alpha value is -1.58. The molecule has 2 aliphatic rings. The van der Waals surface area contributed by atoms with Gasteiger partial charge in [0.1, 0.15) is 11.5 Å². The van der Waals surface area contributed by atoms with Crippen LogP contribution >= 0.6 is 0 Å². The number of furan rings is 1. The summed E-state index contributed by atoms with van der Waals surface area (Å²) < 4.78 is 6.15. The second kappa shape index (κ2) is 5.56. The Kier molecular flexibility index (Phi) is 3.55. The minimum atomic E-state index is 0.191. The molecule has 1 aliphatic heterocycles. The standard InChI is InChI=1S/C19H24N2O/c1-13-10-16(13)18-6-7-19(22-18)17(11-20)21-9-8-14-4-2-3-5-15(14)12-21/h2-7,13,16-17H,8-12,20H2,1H3. The quantitative estimate of drug-likeness (QED) is 0.939. The second-order valence-electron chi connectivity index (χ2n) is 6.80. The van der Waals surface area contributed by atoms with Crippen molar-refractivity contribution in [3.05, 3.63) is 59.0 Å². The molecule has 3 atom stereocenters. The highest BCUT2D eigenvalue weighted by atomic mass is 16.3. The van der Waals surface area contributed by atoms with E-state index in [0.717, 1.165) is 36.9 Å².